The molecule has 0 N–H and O–H groups in total. The molecule has 0 spiro atoms. The fourth-order valence-corrected chi connectivity index (χ4v) is 3.60. The molecule has 0 aliphatic heterocycles. The van der Waals surface area contributed by atoms with Crippen LogP contribution in [0, 0.1) is 17.1 Å². The van der Waals surface area contributed by atoms with Gasteiger partial charge in [0.1, 0.15) is 18.3 Å². The minimum Gasteiger partial charge on any atom is -0.484 e. The van der Waals surface area contributed by atoms with Gasteiger partial charge in [0.05, 0.1) is 5.69 Å². The van der Waals surface area contributed by atoms with Gasteiger partial charge in [-0.05, 0) is 47.9 Å². The third kappa shape index (κ3) is 4.79. The SMILES string of the molecule is N#Cc1ncc2cc(COc3ccc(CCl)cc3F)n(CCc3ccc(Cl)cc3)c2n1. The second-order valence-electron chi connectivity index (χ2n) is 6.94. The molecule has 156 valence electrons. The number of benzene rings is 2. The van der Waals surface area contributed by atoms with Gasteiger partial charge in [-0.2, -0.15) is 5.26 Å². The lowest BCUT2D eigenvalue weighted by molar-refractivity contribution is 0.280. The first-order chi connectivity index (χ1) is 15.1. The molecule has 0 bridgehead atoms. The maximum Gasteiger partial charge on any atom is 0.234 e. The van der Waals surface area contributed by atoms with Crippen LogP contribution in [0.5, 0.6) is 5.75 Å². The molecule has 4 rings (SSSR count). The monoisotopic (exact) mass is 454 g/mol. The Balaban J connectivity index is 1.62. The Bertz CT molecular complexity index is 1270. The summed E-state index contributed by atoms with van der Waals surface area (Å²) in [6.07, 6.45) is 2.33. The van der Waals surface area contributed by atoms with Gasteiger partial charge in [0, 0.05) is 29.0 Å². The molecule has 0 saturated heterocycles. The standard InChI is InChI=1S/C23H17Cl2FN4O/c24-11-16-3-6-21(20(26)9-16)31-14-19-10-17-13-28-22(12-27)29-23(17)30(19)8-7-15-1-4-18(25)5-2-15/h1-6,9-10,13H,7-8,11,14H2. The predicted octanol–water partition coefficient (Wildman–Crippen LogP) is 5.66. The van der Waals surface area contributed by atoms with Gasteiger partial charge in [-0.25, -0.2) is 14.4 Å². The van der Waals surface area contributed by atoms with Gasteiger partial charge in [-0.3, -0.25) is 0 Å². The lowest BCUT2D eigenvalue weighted by atomic mass is 10.1. The van der Waals surface area contributed by atoms with Gasteiger partial charge in [-0.15, -0.1) is 11.6 Å². The molecule has 0 unspecified atom stereocenters. The summed E-state index contributed by atoms with van der Waals surface area (Å²) in [6, 6.07) is 16.1. The number of fused-ring (bicyclic) bond motifs is 1. The average Bonchev–Trinajstić information content (AvgIpc) is 3.14. The van der Waals surface area contributed by atoms with Crippen molar-refractivity contribution in [3.05, 3.63) is 88.2 Å². The van der Waals surface area contributed by atoms with Crippen LogP contribution >= 0.6 is 23.2 Å². The maximum atomic E-state index is 14.3. The van der Waals surface area contributed by atoms with Crippen molar-refractivity contribution in [2.45, 2.75) is 25.5 Å². The van der Waals surface area contributed by atoms with E-state index in [9.17, 15) is 9.65 Å². The van der Waals surface area contributed by atoms with E-state index in [1.54, 1.807) is 18.3 Å². The van der Waals surface area contributed by atoms with E-state index in [-0.39, 0.29) is 24.1 Å². The molecule has 0 fully saturated rings. The zero-order valence-electron chi connectivity index (χ0n) is 16.4. The molecule has 0 aliphatic carbocycles. The quantitative estimate of drug-likeness (QED) is 0.338. The van der Waals surface area contributed by atoms with Crippen molar-refractivity contribution in [2.75, 3.05) is 0 Å². The number of aryl methyl sites for hydroxylation is 2. The normalized spacial score (nSPS) is 10.9. The van der Waals surface area contributed by atoms with Crippen molar-refractivity contribution >= 4 is 34.2 Å². The highest BCUT2D eigenvalue weighted by Crippen LogP contribution is 2.24. The summed E-state index contributed by atoms with van der Waals surface area (Å²) in [5, 5.41) is 10.6. The van der Waals surface area contributed by atoms with Crippen LogP contribution in [0.1, 0.15) is 22.6 Å². The predicted molar refractivity (Wildman–Crippen MR) is 118 cm³/mol. The second-order valence-corrected chi connectivity index (χ2v) is 7.64. The molecular weight excluding hydrogens is 438 g/mol. The van der Waals surface area contributed by atoms with Crippen LogP contribution in [0.25, 0.3) is 11.0 Å². The summed E-state index contributed by atoms with van der Waals surface area (Å²) in [5.41, 5.74) is 3.23. The number of nitrogens with zero attached hydrogens (tertiary/aromatic N) is 4. The zero-order chi connectivity index (χ0) is 21.8. The minimum atomic E-state index is -0.464. The average molecular weight is 455 g/mol. The summed E-state index contributed by atoms with van der Waals surface area (Å²) in [7, 11) is 0. The topological polar surface area (TPSA) is 63.7 Å². The molecule has 0 radical (unpaired) electrons. The number of rotatable bonds is 7. The van der Waals surface area contributed by atoms with E-state index in [1.165, 1.54) is 6.07 Å². The number of aromatic nitrogens is 3. The van der Waals surface area contributed by atoms with Crippen molar-refractivity contribution < 1.29 is 9.13 Å². The van der Waals surface area contributed by atoms with Crippen molar-refractivity contribution in [3.63, 3.8) is 0 Å². The Morgan fingerprint density at radius 2 is 1.87 bits per heavy atom. The Morgan fingerprint density at radius 1 is 1.10 bits per heavy atom. The fourth-order valence-electron chi connectivity index (χ4n) is 3.30. The summed E-state index contributed by atoms with van der Waals surface area (Å²) in [6.45, 7) is 0.732. The molecule has 0 atom stereocenters. The van der Waals surface area contributed by atoms with E-state index < -0.39 is 5.82 Å². The smallest absolute Gasteiger partial charge is 0.234 e. The van der Waals surface area contributed by atoms with Gasteiger partial charge < -0.3 is 9.30 Å². The van der Waals surface area contributed by atoms with Crippen LogP contribution in [0.15, 0.2) is 54.7 Å². The van der Waals surface area contributed by atoms with Gasteiger partial charge in [0.25, 0.3) is 0 Å². The highest BCUT2D eigenvalue weighted by Gasteiger charge is 2.14. The molecule has 0 aliphatic rings. The van der Waals surface area contributed by atoms with Gasteiger partial charge in [0.15, 0.2) is 11.6 Å². The minimum absolute atomic E-state index is 0.0912. The first-order valence-corrected chi connectivity index (χ1v) is 10.5. The number of hydrogen-bond donors (Lipinski definition) is 0. The summed E-state index contributed by atoms with van der Waals surface area (Å²) in [4.78, 5) is 8.41. The maximum absolute atomic E-state index is 14.3. The van der Waals surface area contributed by atoms with Crippen LogP contribution in [0.4, 0.5) is 4.39 Å². The van der Waals surface area contributed by atoms with E-state index in [0.717, 1.165) is 23.1 Å². The number of alkyl halides is 1. The largest absolute Gasteiger partial charge is 0.484 e. The van der Waals surface area contributed by atoms with E-state index in [2.05, 4.69) is 9.97 Å². The summed E-state index contributed by atoms with van der Waals surface area (Å²) < 4.78 is 22.0. The number of hydrogen-bond acceptors (Lipinski definition) is 4. The van der Waals surface area contributed by atoms with Crippen LogP contribution in [-0.2, 0) is 25.5 Å². The Labute approximate surface area is 188 Å². The second kappa shape index (κ2) is 9.34. The molecule has 2 heterocycles. The third-order valence-corrected chi connectivity index (χ3v) is 5.44. The van der Waals surface area contributed by atoms with Gasteiger partial charge in [-0.1, -0.05) is 29.8 Å². The first kappa shape index (κ1) is 21.1. The summed E-state index contributed by atoms with van der Waals surface area (Å²) >= 11 is 11.7. The Hall–Kier alpha value is -3.14. The van der Waals surface area contributed by atoms with Crippen LogP contribution in [0.3, 0.4) is 0 Å². The fraction of sp³-hybridized carbons (Fsp3) is 0.174. The Kier molecular flexibility index (Phi) is 6.36. The van der Waals surface area contributed by atoms with Crippen molar-refractivity contribution in [1.82, 2.24) is 14.5 Å². The molecule has 8 heteroatoms. The molecule has 2 aromatic heterocycles. The molecule has 0 amide bonds. The highest BCUT2D eigenvalue weighted by atomic mass is 35.5. The van der Waals surface area contributed by atoms with Gasteiger partial charge >= 0.3 is 0 Å². The van der Waals surface area contributed by atoms with E-state index in [1.807, 2.05) is 41.0 Å². The van der Waals surface area contributed by atoms with E-state index in [4.69, 9.17) is 27.9 Å². The first-order valence-electron chi connectivity index (χ1n) is 9.54. The van der Waals surface area contributed by atoms with Crippen LogP contribution < -0.4 is 4.74 Å². The van der Waals surface area contributed by atoms with E-state index in [0.29, 0.717) is 22.8 Å². The van der Waals surface area contributed by atoms with Crippen LogP contribution in [-0.4, -0.2) is 14.5 Å². The zero-order valence-corrected chi connectivity index (χ0v) is 17.9. The van der Waals surface area contributed by atoms with Crippen molar-refractivity contribution in [3.8, 4) is 11.8 Å². The van der Waals surface area contributed by atoms with Gasteiger partial charge in [0.2, 0.25) is 5.82 Å². The molecule has 0 saturated carbocycles. The molecule has 5 nitrogen and oxygen atoms in total. The highest BCUT2D eigenvalue weighted by molar-refractivity contribution is 6.30. The third-order valence-electron chi connectivity index (χ3n) is 4.88. The van der Waals surface area contributed by atoms with Crippen molar-refractivity contribution in [2.24, 2.45) is 0 Å². The molecule has 4 aromatic rings. The Morgan fingerprint density at radius 3 is 2.58 bits per heavy atom. The van der Waals surface area contributed by atoms with Crippen molar-refractivity contribution in [1.29, 1.82) is 5.26 Å². The van der Waals surface area contributed by atoms with E-state index >= 15 is 0 Å². The molecule has 31 heavy (non-hydrogen) atoms. The lowest BCUT2D eigenvalue weighted by Gasteiger charge is -2.12. The molecular formula is C23H17Cl2FN4O. The molecule has 2 aromatic carbocycles. The lowest BCUT2D eigenvalue weighted by Crippen LogP contribution is -2.09. The number of ether oxygens (including phenoxy) is 1. The van der Waals surface area contributed by atoms with Crippen LogP contribution in [0.2, 0.25) is 5.02 Å². The number of nitriles is 1. The summed E-state index contributed by atoms with van der Waals surface area (Å²) in [5.74, 6) is 0.00461. The number of halogens is 3.